The van der Waals surface area contributed by atoms with E-state index >= 15 is 0 Å². The predicted molar refractivity (Wildman–Crippen MR) is 111 cm³/mol. The van der Waals surface area contributed by atoms with Crippen molar-refractivity contribution in [3.63, 3.8) is 0 Å². The van der Waals surface area contributed by atoms with E-state index in [-0.39, 0.29) is 18.1 Å². The number of hydrogen-bond acceptors (Lipinski definition) is 7. The van der Waals surface area contributed by atoms with E-state index in [1.165, 1.54) is 11.8 Å². The smallest absolute Gasteiger partial charge is 0.191 e. The van der Waals surface area contributed by atoms with Crippen LogP contribution in [0.4, 0.5) is 0 Å². The van der Waals surface area contributed by atoms with E-state index < -0.39 is 0 Å². The van der Waals surface area contributed by atoms with Gasteiger partial charge in [-0.05, 0) is 55.5 Å². The third kappa shape index (κ3) is 5.51. The van der Waals surface area contributed by atoms with Gasteiger partial charge in [-0.2, -0.15) is 0 Å². The molecule has 0 fully saturated rings. The van der Waals surface area contributed by atoms with Crippen molar-refractivity contribution in [3.05, 3.63) is 59.9 Å². The monoisotopic (exact) mass is 413 g/mol. The molecule has 152 valence electrons. The first-order chi connectivity index (χ1) is 14.1. The highest BCUT2D eigenvalue weighted by atomic mass is 32.2. The third-order valence-corrected chi connectivity index (χ3v) is 5.19. The van der Waals surface area contributed by atoms with Crippen LogP contribution in [0.2, 0.25) is 0 Å². The van der Waals surface area contributed by atoms with Gasteiger partial charge in [0, 0.05) is 12.6 Å². The molecule has 3 rings (SSSR count). The lowest BCUT2D eigenvalue weighted by atomic mass is 10.1. The average molecular weight is 413 g/mol. The Bertz CT molecular complexity index is 940. The fourth-order valence-electron chi connectivity index (χ4n) is 2.53. The van der Waals surface area contributed by atoms with Crippen molar-refractivity contribution in [2.45, 2.75) is 18.7 Å². The summed E-state index contributed by atoms with van der Waals surface area (Å²) in [4.78, 5) is 12.4. The Labute approximate surface area is 174 Å². The van der Waals surface area contributed by atoms with Crippen LogP contribution in [0.3, 0.4) is 0 Å². The highest BCUT2D eigenvalue weighted by Crippen LogP contribution is 2.21. The summed E-state index contributed by atoms with van der Waals surface area (Å²) in [7, 11) is 3.48. The van der Waals surface area contributed by atoms with Crippen molar-refractivity contribution in [2.75, 3.05) is 19.5 Å². The summed E-state index contributed by atoms with van der Waals surface area (Å²) in [5.74, 6) is 3.22. The van der Waals surface area contributed by atoms with Gasteiger partial charge in [0.1, 0.15) is 23.9 Å². The van der Waals surface area contributed by atoms with E-state index in [9.17, 15) is 4.79 Å². The van der Waals surface area contributed by atoms with Gasteiger partial charge in [-0.25, -0.2) is 0 Å². The zero-order valence-corrected chi connectivity index (χ0v) is 17.4. The maximum Gasteiger partial charge on any atom is 0.191 e. The van der Waals surface area contributed by atoms with Crippen LogP contribution in [-0.4, -0.2) is 40.0 Å². The molecule has 0 N–H and O–H groups in total. The van der Waals surface area contributed by atoms with Crippen molar-refractivity contribution in [1.29, 1.82) is 0 Å². The minimum absolute atomic E-state index is 0.0251. The molecule has 0 amide bonds. The number of ether oxygens (including phenoxy) is 3. The summed E-state index contributed by atoms with van der Waals surface area (Å²) in [5, 5.41) is 8.99. The first kappa shape index (κ1) is 20.7. The van der Waals surface area contributed by atoms with E-state index in [4.69, 9.17) is 14.2 Å². The van der Waals surface area contributed by atoms with E-state index in [0.29, 0.717) is 28.9 Å². The van der Waals surface area contributed by atoms with Gasteiger partial charge in [0.15, 0.2) is 16.8 Å². The molecule has 0 saturated carbocycles. The zero-order chi connectivity index (χ0) is 20.6. The van der Waals surface area contributed by atoms with Crippen LogP contribution in [0.1, 0.15) is 23.1 Å². The van der Waals surface area contributed by atoms with Gasteiger partial charge in [-0.3, -0.25) is 4.79 Å². The maximum atomic E-state index is 12.4. The average Bonchev–Trinajstić information content (AvgIpc) is 3.11. The number of thioether (sulfide) groups is 1. The fraction of sp³-hybridized carbons (Fsp3) is 0.286. The number of ketones is 1. The van der Waals surface area contributed by atoms with Gasteiger partial charge < -0.3 is 18.8 Å². The SMILES string of the molecule is CCOc1ccc(C(=O)CSc2nnc(COc3ccc(OC)cc3)n2C)cc1. The van der Waals surface area contributed by atoms with E-state index in [1.54, 1.807) is 31.4 Å². The van der Waals surface area contributed by atoms with Crippen LogP contribution >= 0.6 is 11.8 Å². The van der Waals surface area contributed by atoms with Crippen LogP contribution < -0.4 is 14.2 Å². The van der Waals surface area contributed by atoms with Gasteiger partial charge in [-0.15, -0.1) is 10.2 Å². The molecule has 0 spiro atoms. The Kier molecular flexibility index (Phi) is 7.13. The van der Waals surface area contributed by atoms with E-state index in [1.807, 2.05) is 42.8 Å². The second kappa shape index (κ2) is 9.97. The first-order valence-electron chi connectivity index (χ1n) is 9.14. The van der Waals surface area contributed by atoms with Crippen molar-refractivity contribution in [1.82, 2.24) is 14.8 Å². The molecule has 0 radical (unpaired) electrons. The normalized spacial score (nSPS) is 10.6. The van der Waals surface area contributed by atoms with Crippen LogP contribution in [0.25, 0.3) is 0 Å². The molecular formula is C21H23N3O4S. The number of benzene rings is 2. The number of methoxy groups -OCH3 is 1. The maximum absolute atomic E-state index is 12.4. The Morgan fingerprint density at radius 1 is 0.966 bits per heavy atom. The lowest BCUT2D eigenvalue weighted by Crippen LogP contribution is -2.06. The number of nitrogens with zero attached hydrogens (tertiary/aromatic N) is 3. The zero-order valence-electron chi connectivity index (χ0n) is 16.6. The number of carbonyl (C=O) groups is 1. The highest BCUT2D eigenvalue weighted by molar-refractivity contribution is 7.99. The van der Waals surface area contributed by atoms with Crippen molar-refractivity contribution < 1.29 is 19.0 Å². The molecule has 2 aromatic carbocycles. The number of Topliss-reactive ketones (excluding diaryl/α,β-unsaturated/α-hetero) is 1. The molecule has 0 unspecified atom stereocenters. The third-order valence-electron chi connectivity index (χ3n) is 4.17. The van der Waals surface area contributed by atoms with Crippen molar-refractivity contribution in [3.8, 4) is 17.2 Å². The van der Waals surface area contributed by atoms with Gasteiger partial charge >= 0.3 is 0 Å². The lowest BCUT2D eigenvalue weighted by Gasteiger charge is -2.07. The lowest BCUT2D eigenvalue weighted by molar-refractivity contribution is 0.102. The van der Waals surface area contributed by atoms with Crippen LogP contribution in [-0.2, 0) is 13.7 Å². The van der Waals surface area contributed by atoms with Crippen LogP contribution in [0, 0.1) is 0 Å². The van der Waals surface area contributed by atoms with Crippen LogP contribution in [0.15, 0.2) is 53.7 Å². The Morgan fingerprint density at radius 2 is 1.59 bits per heavy atom. The Hall–Kier alpha value is -3.00. The predicted octanol–water partition coefficient (Wildman–Crippen LogP) is 3.78. The number of hydrogen-bond donors (Lipinski definition) is 0. The molecule has 0 bridgehead atoms. The van der Waals surface area contributed by atoms with Gasteiger partial charge in [0.25, 0.3) is 0 Å². The first-order valence-corrected chi connectivity index (χ1v) is 10.1. The van der Waals surface area contributed by atoms with Crippen molar-refractivity contribution >= 4 is 17.5 Å². The molecule has 3 aromatic rings. The topological polar surface area (TPSA) is 75.5 Å². The van der Waals surface area contributed by atoms with E-state index in [0.717, 1.165) is 11.5 Å². The van der Waals surface area contributed by atoms with Gasteiger partial charge in [0.05, 0.1) is 19.5 Å². The molecule has 0 aliphatic carbocycles. The molecule has 0 aliphatic rings. The fourth-order valence-corrected chi connectivity index (χ4v) is 3.36. The highest BCUT2D eigenvalue weighted by Gasteiger charge is 2.13. The van der Waals surface area contributed by atoms with Crippen LogP contribution in [0.5, 0.6) is 17.2 Å². The summed E-state index contributed by atoms with van der Waals surface area (Å²) in [5.41, 5.74) is 0.645. The molecule has 0 saturated heterocycles. The molecule has 29 heavy (non-hydrogen) atoms. The largest absolute Gasteiger partial charge is 0.497 e. The Balaban J connectivity index is 1.54. The van der Waals surface area contributed by atoms with Gasteiger partial charge in [-0.1, -0.05) is 11.8 Å². The summed E-state index contributed by atoms with van der Waals surface area (Å²) in [6, 6.07) is 14.5. The van der Waals surface area contributed by atoms with Crippen molar-refractivity contribution in [2.24, 2.45) is 7.05 Å². The molecule has 0 atom stereocenters. The summed E-state index contributed by atoms with van der Waals surface area (Å²) in [6.07, 6.45) is 0. The Morgan fingerprint density at radius 3 is 2.24 bits per heavy atom. The quantitative estimate of drug-likeness (QED) is 0.370. The molecular weight excluding hydrogens is 390 g/mol. The standard InChI is InChI=1S/C21H23N3O4S/c1-4-27-17-7-5-15(6-8-17)19(25)14-29-21-23-22-20(24(21)2)13-28-18-11-9-16(26-3)10-12-18/h5-12H,4,13-14H2,1-3H3. The summed E-state index contributed by atoms with van der Waals surface area (Å²) < 4.78 is 18.1. The molecule has 0 aliphatic heterocycles. The van der Waals surface area contributed by atoms with E-state index in [2.05, 4.69) is 10.2 Å². The molecule has 8 heteroatoms. The molecule has 1 aromatic heterocycles. The minimum Gasteiger partial charge on any atom is -0.497 e. The minimum atomic E-state index is 0.0251. The summed E-state index contributed by atoms with van der Waals surface area (Å²) in [6.45, 7) is 2.80. The molecule has 7 nitrogen and oxygen atoms in total. The number of aromatic nitrogens is 3. The number of rotatable bonds is 10. The second-order valence-corrected chi connectivity index (χ2v) is 7.03. The second-order valence-electron chi connectivity index (χ2n) is 6.09. The number of carbonyl (C=O) groups excluding carboxylic acids is 1. The summed E-state index contributed by atoms with van der Waals surface area (Å²) >= 11 is 1.35. The van der Waals surface area contributed by atoms with Gasteiger partial charge in [0.2, 0.25) is 0 Å². The molecule has 1 heterocycles.